The van der Waals surface area contributed by atoms with Crippen molar-refractivity contribution in [2.75, 3.05) is 45.8 Å². The van der Waals surface area contributed by atoms with E-state index in [4.69, 9.17) is 5.73 Å². The maximum Gasteiger partial charge on any atom is 0.225 e. The molecule has 0 spiro atoms. The number of amides is 1. The van der Waals surface area contributed by atoms with Crippen molar-refractivity contribution in [2.24, 2.45) is 11.7 Å². The molecule has 0 radical (unpaired) electrons. The Morgan fingerprint density at radius 2 is 1.70 bits per heavy atom. The molecule has 0 saturated carbocycles. The summed E-state index contributed by atoms with van der Waals surface area (Å²) >= 11 is 0. The molecule has 2 aliphatic heterocycles. The topological polar surface area (TPSA) is 52.8 Å². The smallest absolute Gasteiger partial charge is 0.225 e. The number of nitrogens with zero attached hydrogens (tertiary/aromatic N) is 3. The number of carbonyl (C=O) groups is 1. The number of fused-ring (bicyclic) bond motifs is 1. The number of piperidine rings is 1. The number of carbonyl (C=O) groups excluding carboxylic acids is 1. The molecule has 2 aromatic rings. The van der Waals surface area contributed by atoms with Crippen LogP contribution in [0.2, 0.25) is 0 Å². The molecule has 2 fully saturated rings. The van der Waals surface area contributed by atoms with Crippen LogP contribution >= 0.6 is 0 Å². The van der Waals surface area contributed by atoms with Crippen LogP contribution < -0.4 is 5.73 Å². The van der Waals surface area contributed by atoms with Gasteiger partial charge in [0.15, 0.2) is 0 Å². The normalized spacial score (nSPS) is 19.4. The first-order chi connectivity index (χ1) is 16.2. The zero-order chi connectivity index (χ0) is 23.0. The van der Waals surface area contributed by atoms with Gasteiger partial charge < -0.3 is 10.6 Å². The molecule has 0 bridgehead atoms. The zero-order valence-corrected chi connectivity index (χ0v) is 19.5. The number of hydrogen-bond donors (Lipinski definition) is 1. The lowest BCUT2D eigenvalue weighted by Crippen LogP contribution is -2.51. The zero-order valence-electron chi connectivity index (χ0n) is 19.5. The molecule has 4 rings (SSSR count). The van der Waals surface area contributed by atoms with Gasteiger partial charge in [-0.1, -0.05) is 61.2 Å². The molecule has 33 heavy (non-hydrogen) atoms. The van der Waals surface area contributed by atoms with Crippen molar-refractivity contribution in [1.29, 1.82) is 0 Å². The molecular weight excluding hydrogens is 408 g/mol. The van der Waals surface area contributed by atoms with E-state index in [-0.39, 0.29) is 5.92 Å². The van der Waals surface area contributed by atoms with Crippen LogP contribution in [0, 0.1) is 5.92 Å². The lowest BCUT2D eigenvalue weighted by atomic mass is 9.94. The molecule has 0 aliphatic carbocycles. The fraction of sp³-hybridized carbons (Fsp3) is 0.393. The highest BCUT2D eigenvalue weighted by atomic mass is 16.2. The van der Waals surface area contributed by atoms with E-state index in [1.165, 1.54) is 16.3 Å². The maximum absolute atomic E-state index is 13.2. The summed E-state index contributed by atoms with van der Waals surface area (Å²) in [4.78, 5) is 20.1. The van der Waals surface area contributed by atoms with Gasteiger partial charge in [0, 0.05) is 45.2 Å². The third-order valence-corrected chi connectivity index (χ3v) is 6.94. The van der Waals surface area contributed by atoms with Crippen LogP contribution in [0.4, 0.5) is 0 Å². The van der Waals surface area contributed by atoms with Crippen molar-refractivity contribution in [2.45, 2.75) is 19.4 Å². The van der Waals surface area contributed by atoms with Gasteiger partial charge in [-0.2, -0.15) is 0 Å². The molecule has 2 heterocycles. The van der Waals surface area contributed by atoms with Gasteiger partial charge in [-0.25, -0.2) is 0 Å². The van der Waals surface area contributed by atoms with E-state index >= 15 is 0 Å². The van der Waals surface area contributed by atoms with E-state index in [0.29, 0.717) is 5.91 Å². The summed E-state index contributed by atoms with van der Waals surface area (Å²) in [7, 11) is 0. The van der Waals surface area contributed by atoms with Crippen LogP contribution in [-0.2, 0) is 11.3 Å². The van der Waals surface area contributed by atoms with Crippen LogP contribution in [0.1, 0.15) is 18.4 Å². The minimum atomic E-state index is 0.155. The highest BCUT2D eigenvalue weighted by molar-refractivity contribution is 5.85. The molecule has 0 aromatic heterocycles. The molecule has 0 atom stereocenters. The summed E-state index contributed by atoms with van der Waals surface area (Å²) in [6.45, 7) is 11.0. The minimum absolute atomic E-state index is 0.155. The molecule has 2 aliphatic rings. The summed E-state index contributed by atoms with van der Waals surface area (Å²) in [5.74, 6) is 0.505. The summed E-state index contributed by atoms with van der Waals surface area (Å²) < 4.78 is 0. The van der Waals surface area contributed by atoms with Crippen molar-refractivity contribution < 1.29 is 4.79 Å². The first kappa shape index (κ1) is 23.3. The Hall–Kier alpha value is -2.89. The molecule has 2 saturated heterocycles. The second-order valence-electron chi connectivity index (χ2n) is 9.13. The molecule has 0 unspecified atom stereocenters. The van der Waals surface area contributed by atoms with Crippen LogP contribution in [-0.4, -0.2) is 66.4 Å². The van der Waals surface area contributed by atoms with Crippen molar-refractivity contribution >= 4 is 16.7 Å². The van der Waals surface area contributed by atoms with Gasteiger partial charge in [0.2, 0.25) is 5.91 Å². The molecule has 1 amide bonds. The molecule has 2 N–H and O–H groups in total. The number of rotatable bonds is 7. The molecule has 5 heteroatoms. The number of piperazine rings is 1. The second kappa shape index (κ2) is 11.3. The summed E-state index contributed by atoms with van der Waals surface area (Å²) in [5.41, 5.74) is 8.08. The highest BCUT2D eigenvalue weighted by Crippen LogP contribution is 2.23. The fourth-order valence-electron chi connectivity index (χ4n) is 5.09. The van der Waals surface area contributed by atoms with Gasteiger partial charge in [-0.05, 0) is 60.1 Å². The quantitative estimate of drug-likeness (QED) is 0.661. The lowest BCUT2D eigenvalue weighted by molar-refractivity contribution is -0.138. The van der Waals surface area contributed by atoms with E-state index in [2.05, 4.69) is 63.7 Å². The number of hydrogen-bond acceptors (Lipinski definition) is 4. The van der Waals surface area contributed by atoms with E-state index in [1.807, 2.05) is 12.2 Å². The van der Waals surface area contributed by atoms with Gasteiger partial charge in [-0.15, -0.1) is 0 Å². The first-order valence-electron chi connectivity index (χ1n) is 12.1. The minimum Gasteiger partial charge on any atom is -0.405 e. The molecular formula is C28H36N4O. The van der Waals surface area contributed by atoms with Gasteiger partial charge >= 0.3 is 0 Å². The third-order valence-electron chi connectivity index (χ3n) is 6.94. The second-order valence-corrected chi connectivity index (χ2v) is 9.13. The highest BCUT2D eigenvalue weighted by Gasteiger charge is 2.30. The summed E-state index contributed by atoms with van der Waals surface area (Å²) in [5, 5.41) is 2.62. The Morgan fingerprint density at radius 1 is 0.970 bits per heavy atom. The number of nitrogens with two attached hydrogens (primary N) is 1. The Kier molecular flexibility index (Phi) is 7.97. The Labute approximate surface area is 197 Å². The van der Waals surface area contributed by atoms with Crippen molar-refractivity contribution in [3.63, 3.8) is 0 Å². The van der Waals surface area contributed by atoms with Crippen LogP contribution in [0.5, 0.6) is 0 Å². The predicted octanol–water partition coefficient (Wildman–Crippen LogP) is 3.78. The van der Waals surface area contributed by atoms with E-state index in [0.717, 1.165) is 70.8 Å². The van der Waals surface area contributed by atoms with Crippen LogP contribution in [0.3, 0.4) is 0 Å². The number of benzene rings is 2. The summed E-state index contributed by atoms with van der Waals surface area (Å²) in [6, 6.07) is 15.1. The average molecular weight is 445 g/mol. The average Bonchev–Trinajstić information content (AvgIpc) is 2.85. The van der Waals surface area contributed by atoms with Gasteiger partial charge in [0.1, 0.15) is 0 Å². The number of likely N-dealkylation sites (tertiary alicyclic amines) is 1. The van der Waals surface area contributed by atoms with Crippen molar-refractivity contribution in [3.8, 4) is 0 Å². The van der Waals surface area contributed by atoms with Crippen molar-refractivity contribution in [1.82, 2.24) is 14.7 Å². The Balaban J connectivity index is 1.25. The first-order valence-corrected chi connectivity index (χ1v) is 12.1. The maximum atomic E-state index is 13.2. The monoisotopic (exact) mass is 444 g/mol. The van der Waals surface area contributed by atoms with Crippen LogP contribution in [0.15, 0.2) is 79.0 Å². The molecule has 5 nitrogen and oxygen atoms in total. The van der Waals surface area contributed by atoms with Gasteiger partial charge in [-0.3, -0.25) is 14.6 Å². The third kappa shape index (κ3) is 5.92. The van der Waals surface area contributed by atoms with Crippen molar-refractivity contribution in [3.05, 3.63) is 84.6 Å². The van der Waals surface area contributed by atoms with Gasteiger partial charge in [0.25, 0.3) is 0 Å². The fourth-order valence-corrected chi connectivity index (χ4v) is 5.09. The Bertz CT molecular complexity index is 1010. The van der Waals surface area contributed by atoms with Crippen LogP contribution in [0.25, 0.3) is 10.8 Å². The number of allylic oxidation sites excluding steroid dienone is 2. The molecule has 2 aromatic carbocycles. The summed E-state index contributed by atoms with van der Waals surface area (Å²) in [6.07, 6.45) is 9.16. The SMILES string of the molecule is C=C/C=C(\C=C/N)CN1CCC(C(=O)N2CCN(Cc3cccc4ccccc34)CC2)CC1. The lowest BCUT2D eigenvalue weighted by Gasteiger charge is -2.38. The van der Waals surface area contributed by atoms with E-state index in [1.54, 1.807) is 12.3 Å². The largest absolute Gasteiger partial charge is 0.405 e. The van der Waals surface area contributed by atoms with E-state index < -0.39 is 0 Å². The predicted molar refractivity (Wildman–Crippen MR) is 137 cm³/mol. The Morgan fingerprint density at radius 3 is 2.42 bits per heavy atom. The standard InChI is InChI=1S/C28H36N4O/c1-2-6-23(11-14-29)21-30-15-12-25(13-16-30)28(33)32-19-17-31(18-20-32)22-26-9-5-8-24-7-3-4-10-27(24)26/h2-11,14,25H,1,12-13,15-22,29H2/b14-11-,23-6+. The van der Waals surface area contributed by atoms with Gasteiger partial charge in [0.05, 0.1) is 0 Å². The van der Waals surface area contributed by atoms with E-state index in [9.17, 15) is 4.79 Å². The molecule has 174 valence electrons.